The zero-order valence-corrected chi connectivity index (χ0v) is 16.7. The summed E-state index contributed by atoms with van der Waals surface area (Å²) in [5.74, 6) is 0.121. The smallest absolute Gasteiger partial charge is 0.414 e. The van der Waals surface area contributed by atoms with Crippen LogP contribution in [0.15, 0.2) is 34.9 Å². The van der Waals surface area contributed by atoms with Crippen LogP contribution in [-0.2, 0) is 11.2 Å². The normalized spacial score (nSPS) is 13.3. The van der Waals surface area contributed by atoms with Gasteiger partial charge in [-0.3, -0.25) is 15.0 Å². The van der Waals surface area contributed by atoms with Gasteiger partial charge < -0.3 is 10.1 Å². The lowest BCUT2D eigenvalue weighted by atomic mass is 10.1. The number of hydrogen-bond donors (Lipinski definition) is 1. The standard InChI is InChI=1S/C18H19BrN4O4/c1-18(2,3)27-17(24)22-9-8-11-4-5-12(10-14(11)22)20-16-13(23(25)26)6-7-15(19)21-16/h4-7,10H,8-9H2,1-3H3,(H,20,21). The van der Waals surface area contributed by atoms with Crippen LogP contribution in [0.3, 0.4) is 0 Å². The molecule has 8 nitrogen and oxygen atoms in total. The SMILES string of the molecule is CC(C)(C)OC(=O)N1CCc2ccc(Nc3nc(Br)ccc3[N+](=O)[O-])cc21. The van der Waals surface area contributed by atoms with E-state index in [0.717, 1.165) is 17.7 Å². The van der Waals surface area contributed by atoms with Crippen LogP contribution >= 0.6 is 15.9 Å². The minimum Gasteiger partial charge on any atom is -0.443 e. The van der Waals surface area contributed by atoms with Gasteiger partial charge >= 0.3 is 11.8 Å². The number of anilines is 3. The predicted octanol–water partition coefficient (Wildman–Crippen LogP) is 4.79. The van der Waals surface area contributed by atoms with E-state index in [1.54, 1.807) is 11.0 Å². The van der Waals surface area contributed by atoms with Crippen LogP contribution in [0.4, 0.5) is 27.7 Å². The van der Waals surface area contributed by atoms with Crippen LogP contribution in [0.5, 0.6) is 0 Å². The highest BCUT2D eigenvalue weighted by molar-refractivity contribution is 9.10. The summed E-state index contributed by atoms with van der Waals surface area (Å²) in [6.07, 6.45) is 0.314. The Morgan fingerprint density at radius 3 is 2.74 bits per heavy atom. The molecular weight excluding hydrogens is 416 g/mol. The molecule has 0 unspecified atom stereocenters. The van der Waals surface area contributed by atoms with E-state index in [9.17, 15) is 14.9 Å². The molecule has 27 heavy (non-hydrogen) atoms. The van der Waals surface area contributed by atoms with Crippen molar-refractivity contribution in [1.29, 1.82) is 0 Å². The first-order valence-corrected chi connectivity index (χ1v) is 9.15. The zero-order chi connectivity index (χ0) is 19.8. The third-order valence-electron chi connectivity index (χ3n) is 3.89. The maximum atomic E-state index is 12.5. The lowest BCUT2D eigenvalue weighted by molar-refractivity contribution is -0.384. The molecule has 1 N–H and O–H groups in total. The second kappa shape index (κ2) is 7.15. The van der Waals surface area contributed by atoms with Crippen LogP contribution < -0.4 is 10.2 Å². The lowest BCUT2D eigenvalue weighted by Crippen LogP contribution is -2.35. The van der Waals surface area contributed by atoms with Gasteiger partial charge in [-0.05, 0) is 66.9 Å². The van der Waals surface area contributed by atoms with Crippen molar-refractivity contribution in [2.45, 2.75) is 32.8 Å². The van der Waals surface area contributed by atoms with Crippen LogP contribution in [0.1, 0.15) is 26.3 Å². The number of benzene rings is 1. The van der Waals surface area contributed by atoms with Gasteiger partial charge in [0.2, 0.25) is 5.82 Å². The summed E-state index contributed by atoms with van der Waals surface area (Å²) in [6.45, 7) is 5.98. The van der Waals surface area contributed by atoms with E-state index < -0.39 is 16.6 Å². The molecule has 2 aromatic rings. The van der Waals surface area contributed by atoms with Crippen molar-refractivity contribution >= 4 is 44.9 Å². The predicted molar refractivity (Wildman–Crippen MR) is 106 cm³/mol. The third kappa shape index (κ3) is 4.36. The molecular formula is C18H19BrN4O4. The maximum Gasteiger partial charge on any atom is 0.414 e. The van der Waals surface area contributed by atoms with Gasteiger partial charge in [-0.2, -0.15) is 0 Å². The summed E-state index contributed by atoms with van der Waals surface area (Å²) >= 11 is 3.22. The summed E-state index contributed by atoms with van der Waals surface area (Å²) in [4.78, 5) is 28.9. The summed E-state index contributed by atoms with van der Waals surface area (Å²) < 4.78 is 5.94. The summed E-state index contributed by atoms with van der Waals surface area (Å²) in [5.41, 5.74) is 1.62. The van der Waals surface area contributed by atoms with Crippen molar-refractivity contribution in [3.05, 3.63) is 50.6 Å². The molecule has 142 valence electrons. The summed E-state index contributed by atoms with van der Waals surface area (Å²) in [5, 5.41) is 14.2. The van der Waals surface area contributed by atoms with Gasteiger partial charge in [-0.25, -0.2) is 9.78 Å². The van der Waals surface area contributed by atoms with Crippen LogP contribution in [-0.4, -0.2) is 28.1 Å². The number of ether oxygens (including phenoxy) is 1. The molecule has 1 aromatic heterocycles. The number of rotatable bonds is 3. The fourth-order valence-corrected chi connectivity index (χ4v) is 3.08. The largest absolute Gasteiger partial charge is 0.443 e. The van der Waals surface area contributed by atoms with Crippen LogP contribution in [0.2, 0.25) is 0 Å². The molecule has 0 fully saturated rings. The van der Waals surface area contributed by atoms with Crippen molar-refractivity contribution in [3.63, 3.8) is 0 Å². The Kier molecular flexibility index (Phi) is 5.05. The lowest BCUT2D eigenvalue weighted by Gasteiger charge is -2.25. The molecule has 0 saturated heterocycles. The summed E-state index contributed by atoms with van der Waals surface area (Å²) in [6, 6.07) is 8.37. The number of nitrogens with one attached hydrogen (secondary N) is 1. The fraction of sp³-hybridized carbons (Fsp3) is 0.333. The molecule has 9 heteroatoms. The molecule has 1 aliphatic heterocycles. The van der Waals surface area contributed by atoms with Crippen molar-refractivity contribution in [1.82, 2.24) is 4.98 Å². The second-order valence-electron chi connectivity index (χ2n) is 7.11. The minimum atomic E-state index is -0.587. The molecule has 1 aliphatic rings. The van der Waals surface area contributed by atoms with E-state index in [1.165, 1.54) is 12.1 Å². The Balaban J connectivity index is 1.89. The van der Waals surface area contributed by atoms with Crippen molar-refractivity contribution in [3.8, 4) is 0 Å². The van der Waals surface area contributed by atoms with E-state index in [2.05, 4.69) is 26.2 Å². The van der Waals surface area contributed by atoms with Crippen molar-refractivity contribution in [2.24, 2.45) is 0 Å². The first-order chi connectivity index (χ1) is 12.6. The number of pyridine rings is 1. The second-order valence-corrected chi connectivity index (χ2v) is 7.92. The number of hydrogen-bond acceptors (Lipinski definition) is 6. The Morgan fingerprint density at radius 2 is 2.07 bits per heavy atom. The Hall–Kier alpha value is -2.68. The highest BCUT2D eigenvalue weighted by Crippen LogP contribution is 2.34. The van der Waals surface area contributed by atoms with E-state index in [4.69, 9.17) is 4.74 Å². The number of nitrogens with zero attached hydrogens (tertiary/aromatic N) is 3. The van der Waals surface area contributed by atoms with E-state index in [1.807, 2.05) is 32.9 Å². The first-order valence-electron chi connectivity index (χ1n) is 8.35. The van der Waals surface area contributed by atoms with Crippen molar-refractivity contribution < 1.29 is 14.5 Å². The first kappa shape index (κ1) is 19.1. The van der Waals surface area contributed by atoms with Crippen LogP contribution in [0, 0.1) is 10.1 Å². The zero-order valence-electron chi connectivity index (χ0n) is 15.2. The highest BCUT2D eigenvalue weighted by Gasteiger charge is 2.29. The molecule has 0 saturated carbocycles. The number of carbonyl (C=O) groups is 1. The number of fused-ring (bicyclic) bond motifs is 1. The van der Waals surface area contributed by atoms with Crippen LogP contribution in [0.25, 0.3) is 0 Å². The Morgan fingerprint density at radius 1 is 1.33 bits per heavy atom. The molecule has 3 rings (SSSR count). The molecule has 0 atom stereocenters. The maximum absolute atomic E-state index is 12.5. The number of nitro groups is 1. The van der Waals surface area contributed by atoms with E-state index in [0.29, 0.717) is 16.8 Å². The number of aromatic nitrogens is 1. The van der Waals surface area contributed by atoms with Gasteiger partial charge in [0.15, 0.2) is 0 Å². The van der Waals surface area contributed by atoms with Gasteiger partial charge in [0, 0.05) is 18.3 Å². The van der Waals surface area contributed by atoms with Gasteiger partial charge in [0.1, 0.15) is 10.2 Å². The van der Waals surface area contributed by atoms with Gasteiger partial charge in [0.05, 0.1) is 10.6 Å². The topological polar surface area (TPSA) is 97.6 Å². The quantitative estimate of drug-likeness (QED) is 0.423. The van der Waals surface area contributed by atoms with E-state index in [-0.39, 0.29) is 11.5 Å². The minimum absolute atomic E-state index is 0.121. The van der Waals surface area contributed by atoms with Gasteiger partial charge in [-0.15, -0.1) is 0 Å². The summed E-state index contributed by atoms with van der Waals surface area (Å²) in [7, 11) is 0. The molecule has 1 amide bonds. The average Bonchev–Trinajstić information content (AvgIpc) is 2.96. The molecule has 0 radical (unpaired) electrons. The molecule has 0 aliphatic carbocycles. The molecule has 1 aromatic carbocycles. The Labute approximate surface area is 164 Å². The molecule has 0 spiro atoms. The van der Waals surface area contributed by atoms with Gasteiger partial charge in [-0.1, -0.05) is 6.07 Å². The average molecular weight is 435 g/mol. The van der Waals surface area contributed by atoms with Gasteiger partial charge in [0.25, 0.3) is 0 Å². The third-order valence-corrected chi connectivity index (χ3v) is 4.34. The van der Waals surface area contributed by atoms with E-state index >= 15 is 0 Å². The Bertz CT molecular complexity index is 911. The fourth-order valence-electron chi connectivity index (χ4n) is 2.77. The monoisotopic (exact) mass is 434 g/mol. The number of carbonyl (C=O) groups excluding carboxylic acids is 1. The number of halogens is 1. The van der Waals surface area contributed by atoms with Crippen molar-refractivity contribution in [2.75, 3.05) is 16.8 Å². The number of amides is 1. The molecule has 2 heterocycles. The highest BCUT2D eigenvalue weighted by atomic mass is 79.9. The molecule has 0 bridgehead atoms.